The number of nitrogens with zero attached hydrogens (tertiary/aromatic N) is 5. The van der Waals surface area contributed by atoms with Crippen molar-refractivity contribution in [3.8, 4) is 11.4 Å². The fourth-order valence-corrected chi connectivity index (χ4v) is 2.99. The summed E-state index contributed by atoms with van der Waals surface area (Å²) < 4.78 is 5.40. The molecule has 0 radical (unpaired) electrons. The van der Waals surface area contributed by atoms with Crippen molar-refractivity contribution in [2.75, 3.05) is 44.8 Å². The van der Waals surface area contributed by atoms with E-state index < -0.39 is 5.97 Å². The van der Waals surface area contributed by atoms with Crippen molar-refractivity contribution in [3.05, 3.63) is 36.2 Å². The molecule has 1 atom stereocenters. The summed E-state index contributed by atoms with van der Waals surface area (Å²) in [7, 11) is 1.96. The maximum Gasteiger partial charge on any atom is 0.335 e. The fraction of sp³-hybridized carbons (Fsp3) is 0.444. The highest BCUT2D eigenvalue weighted by atomic mass is 16.5. The van der Waals surface area contributed by atoms with Gasteiger partial charge in [0.1, 0.15) is 0 Å². The lowest BCUT2D eigenvalue weighted by molar-refractivity contribution is 0.0217. The maximum atomic E-state index is 11.1. The molecule has 1 aliphatic heterocycles. The summed E-state index contributed by atoms with van der Waals surface area (Å²) in [5, 5.41) is 9.14. The topological polar surface area (TPSA) is 91.7 Å². The van der Waals surface area contributed by atoms with E-state index >= 15 is 0 Å². The average Bonchev–Trinajstić information content (AvgIpc) is 2.68. The summed E-state index contributed by atoms with van der Waals surface area (Å²) in [5.74, 6) is -0.399. The lowest BCUT2D eigenvalue weighted by atomic mass is 10.2. The molecule has 0 bridgehead atoms. The van der Waals surface area contributed by atoms with E-state index in [0.717, 1.165) is 32.8 Å². The second kappa shape index (κ2) is 8.20. The molecule has 8 nitrogen and oxygen atoms in total. The predicted octanol–water partition coefficient (Wildman–Crippen LogP) is 1.39. The van der Waals surface area contributed by atoms with Crippen LogP contribution in [0.3, 0.4) is 0 Å². The van der Waals surface area contributed by atoms with Gasteiger partial charge in [0.2, 0.25) is 5.95 Å². The SMILES string of the molecule is CC(CN(C)c1nccc(-c2cc(C(=O)O)ccn2)n1)N1CCOCC1. The van der Waals surface area contributed by atoms with Gasteiger partial charge in [-0.15, -0.1) is 0 Å². The van der Waals surface area contributed by atoms with Crippen LogP contribution >= 0.6 is 0 Å². The zero-order valence-corrected chi connectivity index (χ0v) is 15.0. The fourth-order valence-electron chi connectivity index (χ4n) is 2.99. The largest absolute Gasteiger partial charge is 0.478 e. The number of hydrogen-bond donors (Lipinski definition) is 1. The molecule has 1 fully saturated rings. The molecule has 3 heterocycles. The number of ether oxygens (including phenoxy) is 1. The number of carbonyl (C=O) groups is 1. The summed E-state index contributed by atoms with van der Waals surface area (Å²) >= 11 is 0. The quantitative estimate of drug-likeness (QED) is 0.829. The molecule has 0 saturated carbocycles. The zero-order chi connectivity index (χ0) is 18.5. The van der Waals surface area contributed by atoms with Gasteiger partial charge in [0, 0.05) is 45.1 Å². The third kappa shape index (κ3) is 4.33. The minimum atomic E-state index is -0.987. The third-order valence-corrected chi connectivity index (χ3v) is 4.46. The molecule has 1 N–H and O–H groups in total. The van der Waals surface area contributed by atoms with Gasteiger partial charge in [-0.2, -0.15) is 0 Å². The summed E-state index contributed by atoms with van der Waals surface area (Å²) in [6.45, 7) is 6.37. The van der Waals surface area contributed by atoms with Crippen LogP contribution in [0.4, 0.5) is 5.95 Å². The maximum absolute atomic E-state index is 11.1. The standard InChI is InChI=1S/C18H23N5O3/c1-13(23-7-9-26-10-8-23)12-22(2)18-20-6-4-15(21-18)16-11-14(17(24)25)3-5-19-16/h3-6,11,13H,7-10,12H2,1-2H3,(H,24,25). The highest BCUT2D eigenvalue weighted by Crippen LogP contribution is 2.18. The highest BCUT2D eigenvalue weighted by molar-refractivity contribution is 5.88. The molecule has 1 saturated heterocycles. The Balaban J connectivity index is 1.74. The van der Waals surface area contributed by atoms with Crippen molar-refractivity contribution in [2.24, 2.45) is 0 Å². The van der Waals surface area contributed by atoms with E-state index in [1.165, 1.54) is 18.3 Å². The Morgan fingerprint density at radius 1 is 1.27 bits per heavy atom. The van der Waals surface area contributed by atoms with Crippen LogP contribution in [0.5, 0.6) is 0 Å². The van der Waals surface area contributed by atoms with Gasteiger partial charge in [0.15, 0.2) is 0 Å². The van der Waals surface area contributed by atoms with Crippen molar-refractivity contribution in [2.45, 2.75) is 13.0 Å². The summed E-state index contributed by atoms with van der Waals surface area (Å²) in [6.07, 6.45) is 3.15. The van der Waals surface area contributed by atoms with Crippen LogP contribution in [-0.2, 0) is 4.74 Å². The number of aromatic nitrogens is 3. The lowest BCUT2D eigenvalue weighted by Gasteiger charge is -2.34. The number of carboxylic acids is 1. The smallest absolute Gasteiger partial charge is 0.335 e. The van der Waals surface area contributed by atoms with Crippen LogP contribution in [0, 0.1) is 0 Å². The molecule has 2 aromatic rings. The van der Waals surface area contributed by atoms with E-state index in [-0.39, 0.29) is 5.56 Å². The van der Waals surface area contributed by atoms with Gasteiger partial charge < -0.3 is 14.7 Å². The van der Waals surface area contributed by atoms with E-state index in [1.807, 2.05) is 11.9 Å². The van der Waals surface area contributed by atoms with Crippen molar-refractivity contribution < 1.29 is 14.6 Å². The number of morpholine rings is 1. The van der Waals surface area contributed by atoms with Crippen LogP contribution in [0.2, 0.25) is 0 Å². The monoisotopic (exact) mass is 357 g/mol. The van der Waals surface area contributed by atoms with Crippen LogP contribution in [0.25, 0.3) is 11.4 Å². The first kappa shape index (κ1) is 18.2. The van der Waals surface area contributed by atoms with Gasteiger partial charge in [-0.25, -0.2) is 14.8 Å². The molecule has 0 aliphatic carbocycles. The molecule has 0 aromatic carbocycles. The van der Waals surface area contributed by atoms with E-state index in [4.69, 9.17) is 9.84 Å². The summed E-state index contributed by atoms with van der Waals surface area (Å²) in [4.78, 5) is 28.7. The minimum Gasteiger partial charge on any atom is -0.478 e. The van der Waals surface area contributed by atoms with Gasteiger partial charge in [0.05, 0.1) is 30.2 Å². The van der Waals surface area contributed by atoms with E-state index in [9.17, 15) is 4.79 Å². The van der Waals surface area contributed by atoms with Gasteiger partial charge in [-0.05, 0) is 25.1 Å². The molecule has 3 rings (SSSR count). The second-order valence-electron chi connectivity index (χ2n) is 6.35. The molecule has 138 valence electrons. The Bertz CT molecular complexity index is 764. The van der Waals surface area contributed by atoms with E-state index in [2.05, 4.69) is 26.8 Å². The molecule has 0 amide bonds. The Morgan fingerprint density at radius 2 is 2.00 bits per heavy atom. The highest BCUT2D eigenvalue weighted by Gasteiger charge is 2.19. The molecule has 1 unspecified atom stereocenters. The number of aromatic carboxylic acids is 1. The first-order chi connectivity index (χ1) is 12.5. The number of rotatable bonds is 6. The second-order valence-corrected chi connectivity index (χ2v) is 6.35. The molecule has 8 heteroatoms. The van der Waals surface area contributed by atoms with Crippen LogP contribution in [0.1, 0.15) is 17.3 Å². The Kier molecular flexibility index (Phi) is 5.75. The van der Waals surface area contributed by atoms with Gasteiger partial charge in [-0.3, -0.25) is 9.88 Å². The number of carboxylic acid groups (broad SMARTS) is 1. The molecular formula is C18H23N5O3. The van der Waals surface area contributed by atoms with E-state index in [1.54, 1.807) is 12.3 Å². The summed E-state index contributed by atoms with van der Waals surface area (Å²) in [5.41, 5.74) is 1.30. The van der Waals surface area contributed by atoms with Crippen molar-refractivity contribution >= 4 is 11.9 Å². The zero-order valence-electron chi connectivity index (χ0n) is 15.0. The first-order valence-corrected chi connectivity index (χ1v) is 8.60. The third-order valence-electron chi connectivity index (χ3n) is 4.46. The Labute approximate surface area is 152 Å². The van der Waals surface area contributed by atoms with Gasteiger partial charge in [0.25, 0.3) is 0 Å². The van der Waals surface area contributed by atoms with Crippen LogP contribution in [0.15, 0.2) is 30.6 Å². The Hall–Kier alpha value is -2.58. The Morgan fingerprint density at radius 3 is 2.73 bits per heavy atom. The normalized spacial score (nSPS) is 16.2. The average molecular weight is 357 g/mol. The van der Waals surface area contributed by atoms with Crippen LogP contribution < -0.4 is 4.90 Å². The molecule has 2 aromatic heterocycles. The number of likely N-dealkylation sites (N-methyl/N-ethyl adjacent to an activating group) is 1. The minimum absolute atomic E-state index is 0.185. The van der Waals surface area contributed by atoms with E-state index in [0.29, 0.717) is 23.4 Å². The lowest BCUT2D eigenvalue weighted by Crippen LogP contribution is -2.47. The van der Waals surface area contributed by atoms with Crippen molar-refractivity contribution in [1.29, 1.82) is 0 Å². The number of hydrogen-bond acceptors (Lipinski definition) is 7. The summed E-state index contributed by atoms with van der Waals surface area (Å²) in [6, 6.07) is 5.07. The van der Waals surface area contributed by atoms with Crippen molar-refractivity contribution in [1.82, 2.24) is 19.9 Å². The molecule has 1 aliphatic rings. The molecule has 0 spiro atoms. The molecular weight excluding hydrogens is 334 g/mol. The van der Waals surface area contributed by atoms with Gasteiger partial charge >= 0.3 is 5.97 Å². The predicted molar refractivity (Wildman–Crippen MR) is 97.3 cm³/mol. The van der Waals surface area contributed by atoms with Crippen LogP contribution in [-0.4, -0.2) is 76.9 Å². The first-order valence-electron chi connectivity index (χ1n) is 8.60. The molecule has 26 heavy (non-hydrogen) atoms. The number of anilines is 1. The van der Waals surface area contributed by atoms with Crippen molar-refractivity contribution in [3.63, 3.8) is 0 Å². The number of pyridine rings is 1. The van der Waals surface area contributed by atoms with Gasteiger partial charge in [-0.1, -0.05) is 0 Å².